The van der Waals surface area contributed by atoms with Gasteiger partial charge in [-0.2, -0.15) is 0 Å². The van der Waals surface area contributed by atoms with Crippen molar-refractivity contribution in [3.05, 3.63) is 60.8 Å². The van der Waals surface area contributed by atoms with Crippen molar-refractivity contribution in [2.75, 3.05) is 23.8 Å². The third-order valence-electron chi connectivity index (χ3n) is 6.00. The van der Waals surface area contributed by atoms with Crippen molar-refractivity contribution in [2.45, 2.75) is 19.4 Å². The number of ether oxygens (including phenoxy) is 2. The van der Waals surface area contributed by atoms with E-state index in [0.717, 1.165) is 46.8 Å². The number of hydrogen-bond acceptors (Lipinski definition) is 9. The lowest BCUT2D eigenvalue weighted by molar-refractivity contribution is 0.195. The first-order valence-electron chi connectivity index (χ1n) is 11.4. The monoisotopic (exact) mass is 468 g/mol. The molecule has 0 amide bonds. The Hall–Kier alpha value is -4.31. The van der Waals surface area contributed by atoms with Crippen LogP contribution in [0.2, 0.25) is 0 Å². The summed E-state index contributed by atoms with van der Waals surface area (Å²) in [4.78, 5) is 22.2. The number of aryl methyl sites for hydroxylation is 2. The molecule has 0 bridgehead atoms. The number of rotatable bonds is 6. The van der Waals surface area contributed by atoms with Crippen LogP contribution >= 0.6 is 0 Å². The third kappa shape index (κ3) is 4.31. The Morgan fingerprint density at radius 1 is 1.06 bits per heavy atom. The van der Waals surface area contributed by atoms with Gasteiger partial charge in [0.2, 0.25) is 5.95 Å². The summed E-state index contributed by atoms with van der Waals surface area (Å²) < 4.78 is 13.5. The van der Waals surface area contributed by atoms with E-state index in [1.54, 1.807) is 12.5 Å². The molecular weight excluding hydrogens is 444 g/mol. The first kappa shape index (κ1) is 21.2. The highest BCUT2D eigenvalue weighted by Crippen LogP contribution is 2.30. The molecule has 2 aromatic carbocycles. The molecule has 6 rings (SSSR count). The average molecular weight is 469 g/mol. The highest BCUT2D eigenvalue weighted by Gasteiger charge is 2.17. The van der Waals surface area contributed by atoms with E-state index in [-0.39, 0.29) is 6.04 Å². The lowest BCUT2D eigenvalue weighted by Gasteiger charge is -2.13. The largest absolute Gasteiger partial charge is 0.457 e. The highest BCUT2D eigenvalue weighted by molar-refractivity contribution is 5.87. The van der Waals surface area contributed by atoms with Crippen LogP contribution in [0, 0.1) is 6.92 Å². The zero-order chi connectivity index (χ0) is 23.8. The Balaban J connectivity index is 1.23. The Kier molecular flexibility index (Phi) is 5.34. The van der Waals surface area contributed by atoms with E-state index in [2.05, 4.69) is 35.6 Å². The molecule has 1 saturated heterocycles. The van der Waals surface area contributed by atoms with Crippen molar-refractivity contribution in [3.63, 3.8) is 0 Å². The smallest absolute Gasteiger partial charge is 0.223 e. The van der Waals surface area contributed by atoms with Gasteiger partial charge in [0.1, 0.15) is 28.9 Å². The van der Waals surface area contributed by atoms with E-state index in [4.69, 9.17) is 9.47 Å². The number of nitrogens with one attached hydrogen (secondary N) is 2. The van der Waals surface area contributed by atoms with Gasteiger partial charge in [0.05, 0.1) is 36.2 Å². The fourth-order valence-electron chi connectivity index (χ4n) is 4.13. The minimum absolute atomic E-state index is 0.210. The molecule has 0 aliphatic carbocycles. The maximum Gasteiger partial charge on any atom is 0.223 e. The summed E-state index contributed by atoms with van der Waals surface area (Å²) in [7, 11) is 1.97. The number of fused-ring (bicyclic) bond motifs is 2. The molecule has 1 aliphatic heterocycles. The van der Waals surface area contributed by atoms with Gasteiger partial charge in [-0.25, -0.2) is 24.9 Å². The van der Waals surface area contributed by atoms with Crippen LogP contribution in [0.3, 0.4) is 0 Å². The summed E-state index contributed by atoms with van der Waals surface area (Å²) in [6.07, 6.45) is 5.93. The van der Waals surface area contributed by atoms with Crippen molar-refractivity contribution >= 4 is 39.5 Å². The van der Waals surface area contributed by atoms with Crippen LogP contribution in [-0.2, 0) is 11.8 Å². The minimum Gasteiger partial charge on any atom is -0.457 e. The number of imidazole rings is 1. The predicted molar refractivity (Wildman–Crippen MR) is 133 cm³/mol. The second-order valence-corrected chi connectivity index (χ2v) is 8.57. The summed E-state index contributed by atoms with van der Waals surface area (Å²) in [5, 5.41) is 6.69. The van der Waals surface area contributed by atoms with Crippen molar-refractivity contribution < 1.29 is 9.47 Å². The quantitative estimate of drug-likeness (QED) is 0.375. The van der Waals surface area contributed by atoms with Gasteiger partial charge in [-0.1, -0.05) is 0 Å². The second kappa shape index (κ2) is 8.80. The molecule has 0 saturated carbocycles. The van der Waals surface area contributed by atoms with Gasteiger partial charge >= 0.3 is 0 Å². The fraction of sp³-hybridized carbons (Fsp3) is 0.240. The summed E-state index contributed by atoms with van der Waals surface area (Å²) in [6.45, 7) is 3.41. The molecule has 10 nitrogen and oxygen atoms in total. The zero-order valence-corrected chi connectivity index (χ0v) is 19.4. The van der Waals surface area contributed by atoms with E-state index in [1.807, 2.05) is 54.9 Å². The average Bonchev–Trinajstić information content (AvgIpc) is 3.51. The SMILES string of the molecule is Cc1cc(Nc2ncnc3cnc(NC4CCOC4)nc23)ccc1Oc1ccc2c(c1)ncn2C. The molecule has 1 fully saturated rings. The molecule has 35 heavy (non-hydrogen) atoms. The molecule has 2 N–H and O–H groups in total. The Morgan fingerprint density at radius 2 is 2.00 bits per heavy atom. The van der Waals surface area contributed by atoms with Crippen LogP contribution in [0.1, 0.15) is 12.0 Å². The van der Waals surface area contributed by atoms with Crippen molar-refractivity contribution in [3.8, 4) is 11.5 Å². The second-order valence-electron chi connectivity index (χ2n) is 8.57. The molecule has 0 radical (unpaired) electrons. The van der Waals surface area contributed by atoms with Gasteiger partial charge in [0, 0.05) is 25.4 Å². The molecule has 176 valence electrons. The van der Waals surface area contributed by atoms with Gasteiger partial charge in [-0.05, 0) is 49.2 Å². The number of nitrogens with zero attached hydrogens (tertiary/aromatic N) is 6. The fourth-order valence-corrected chi connectivity index (χ4v) is 4.13. The van der Waals surface area contributed by atoms with Gasteiger partial charge in [0.15, 0.2) is 5.82 Å². The van der Waals surface area contributed by atoms with Gasteiger partial charge in [-0.3, -0.25) is 0 Å². The topological polar surface area (TPSA) is 112 Å². The van der Waals surface area contributed by atoms with Crippen LogP contribution in [0.5, 0.6) is 11.5 Å². The Labute approximate surface area is 201 Å². The van der Waals surface area contributed by atoms with Crippen molar-refractivity contribution in [1.29, 1.82) is 0 Å². The van der Waals surface area contributed by atoms with Crippen LogP contribution in [-0.4, -0.2) is 48.7 Å². The van der Waals surface area contributed by atoms with Crippen LogP contribution in [0.25, 0.3) is 22.1 Å². The zero-order valence-electron chi connectivity index (χ0n) is 19.4. The summed E-state index contributed by atoms with van der Waals surface area (Å²) >= 11 is 0. The van der Waals surface area contributed by atoms with E-state index < -0.39 is 0 Å². The number of hydrogen-bond donors (Lipinski definition) is 2. The van der Waals surface area contributed by atoms with Gasteiger partial charge < -0.3 is 24.7 Å². The van der Waals surface area contributed by atoms with E-state index in [1.165, 1.54) is 6.33 Å². The molecule has 5 aromatic rings. The van der Waals surface area contributed by atoms with Crippen molar-refractivity contribution in [2.24, 2.45) is 7.05 Å². The standard InChI is InChI=1S/C25H24N8O2/c1-15-9-16(3-6-22(15)35-18-4-5-21-19(10-18)29-14-33(21)2)30-24-23-20(27-13-28-24)11-26-25(32-23)31-17-7-8-34-12-17/h3-6,9-11,13-14,17H,7-8,12H2,1-2H3,(H,26,31,32)(H,27,28,30). The van der Waals surface area contributed by atoms with E-state index >= 15 is 0 Å². The van der Waals surface area contributed by atoms with E-state index in [9.17, 15) is 0 Å². The van der Waals surface area contributed by atoms with E-state index in [0.29, 0.717) is 29.4 Å². The molecule has 4 heterocycles. The van der Waals surface area contributed by atoms with Gasteiger partial charge in [-0.15, -0.1) is 0 Å². The number of benzene rings is 2. The Bertz CT molecular complexity index is 1530. The van der Waals surface area contributed by atoms with Crippen LogP contribution in [0.4, 0.5) is 17.5 Å². The summed E-state index contributed by atoms with van der Waals surface area (Å²) in [5.41, 5.74) is 5.11. The van der Waals surface area contributed by atoms with Gasteiger partial charge in [0.25, 0.3) is 0 Å². The maximum atomic E-state index is 6.14. The molecule has 0 spiro atoms. The first-order chi connectivity index (χ1) is 17.1. The lowest BCUT2D eigenvalue weighted by Crippen LogP contribution is -2.20. The molecule has 1 atom stereocenters. The maximum absolute atomic E-state index is 6.14. The molecule has 10 heteroatoms. The van der Waals surface area contributed by atoms with Crippen LogP contribution < -0.4 is 15.4 Å². The molecule has 1 unspecified atom stereocenters. The molecule has 3 aromatic heterocycles. The third-order valence-corrected chi connectivity index (χ3v) is 6.00. The Morgan fingerprint density at radius 3 is 2.86 bits per heavy atom. The molecular formula is C25H24N8O2. The highest BCUT2D eigenvalue weighted by atomic mass is 16.5. The van der Waals surface area contributed by atoms with Crippen molar-refractivity contribution in [1.82, 2.24) is 29.5 Å². The summed E-state index contributed by atoms with van der Waals surface area (Å²) in [6, 6.07) is 12.0. The predicted octanol–water partition coefficient (Wildman–Crippen LogP) is 4.35. The normalized spacial score (nSPS) is 15.5. The first-order valence-corrected chi connectivity index (χ1v) is 11.4. The van der Waals surface area contributed by atoms with Crippen LogP contribution in [0.15, 0.2) is 55.2 Å². The molecule has 1 aliphatic rings. The number of aromatic nitrogens is 6. The minimum atomic E-state index is 0.210. The lowest BCUT2D eigenvalue weighted by atomic mass is 10.2. The number of anilines is 3. The summed E-state index contributed by atoms with van der Waals surface area (Å²) in [5.74, 6) is 2.66.